The molecule has 1 aromatic heterocycles. The summed E-state index contributed by atoms with van der Waals surface area (Å²) in [4.78, 5) is 8.36. The van der Waals surface area contributed by atoms with Crippen LogP contribution in [0.5, 0.6) is 0 Å². The summed E-state index contributed by atoms with van der Waals surface area (Å²) in [6.45, 7) is 0. The van der Waals surface area contributed by atoms with E-state index in [1.54, 1.807) is 12.3 Å². The van der Waals surface area contributed by atoms with Crippen LogP contribution in [0.4, 0.5) is 11.5 Å². The van der Waals surface area contributed by atoms with E-state index in [0.29, 0.717) is 5.82 Å². The fraction of sp³-hybridized carbons (Fsp3) is 0.0909. The largest absolute Gasteiger partial charge is 0.231 e. The Morgan fingerprint density at radius 1 is 1.13 bits per heavy atom. The standard InChI is InChI=1S/C11H10N3S/c1-15-11-12-8-7-10(14-11)13-9-5-3-2-4-6-9/h2-8H,1H3. The summed E-state index contributed by atoms with van der Waals surface area (Å²) < 4.78 is 0. The maximum absolute atomic E-state index is 4.39. The first-order valence-corrected chi connectivity index (χ1v) is 5.75. The first-order chi connectivity index (χ1) is 7.38. The highest BCUT2D eigenvalue weighted by Crippen LogP contribution is 2.16. The molecule has 1 heterocycles. The molecule has 0 N–H and O–H groups in total. The summed E-state index contributed by atoms with van der Waals surface area (Å²) in [7, 11) is 0. The molecule has 0 amide bonds. The minimum Gasteiger partial charge on any atom is -0.231 e. The molecule has 2 rings (SSSR count). The van der Waals surface area contributed by atoms with Crippen molar-refractivity contribution in [2.45, 2.75) is 5.16 Å². The lowest BCUT2D eigenvalue weighted by molar-refractivity contribution is 0.932. The van der Waals surface area contributed by atoms with E-state index in [9.17, 15) is 0 Å². The van der Waals surface area contributed by atoms with Crippen molar-refractivity contribution >= 4 is 23.3 Å². The Kier molecular flexibility index (Phi) is 3.19. The van der Waals surface area contributed by atoms with Gasteiger partial charge < -0.3 is 0 Å². The molecule has 15 heavy (non-hydrogen) atoms. The second kappa shape index (κ2) is 4.79. The Morgan fingerprint density at radius 3 is 2.67 bits per heavy atom. The Labute approximate surface area is 93.0 Å². The van der Waals surface area contributed by atoms with Crippen molar-refractivity contribution in [3.63, 3.8) is 0 Å². The normalized spacial score (nSPS) is 9.93. The van der Waals surface area contributed by atoms with Gasteiger partial charge in [-0.2, -0.15) is 0 Å². The van der Waals surface area contributed by atoms with Gasteiger partial charge >= 0.3 is 0 Å². The fourth-order valence-corrected chi connectivity index (χ4v) is 1.48. The number of rotatable bonds is 3. The first-order valence-electron chi connectivity index (χ1n) is 4.52. The Balaban J connectivity index is 2.17. The van der Waals surface area contributed by atoms with E-state index in [2.05, 4.69) is 15.3 Å². The van der Waals surface area contributed by atoms with Gasteiger partial charge in [-0.1, -0.05) is 30.0 Å². The minimum absolute atomic E-state index is 0.695. The maximum atomic E-state index is 4.39. The van der Waals surface area contributed by atoms with Crippen molar-refractivity contribution in [1.29, 1.82) is 0 Å². The van der Waals surface area contributed by atoms with E-state index < -0.39 is 0 Å². The molecular formula is C11H10N3S. The summed E-state index contributed by atoms with van der Waals surface area (Å²) in [5, 5.41) is 5.13. The van der Waals surface area contributed by atoms with Gasteiger partial charge in [0.1, 0.15) is 0 Å². The fourth-order valence-electron chi connectivity index (χ4n) is 1.13. The Morgan fingerprint density at radius 2 is 1.93 bits per heavy atom. The molecule has 4 heteroatoms. The van der Waals surface area contributed by atoms with E-state index in [-0.39, 0.29) is 0 Å². The topological polar surface area (TPSA) is 39.9 Å². The molecule has 0 aliphatic rings. The van der Waals surface area contributed by atoms with Crippen LogP contribution in [0.3, 0.4) is 0 Å². The molecule has 3 nitrogen and oxygen atoms in total. The zero-order valence-electron chi connectivity index (χ0n) is 8.29. The van der Waals surface area contributed by atoms with Gasteiger partial charge in [0.25, 0.3) is 0 Å². The van der Waals surface area contributed by atoms with Crippen molar-refractivity contribution in [1.82, 2.24) is 15.3 Å². The second-order valence-corrected chi connectivity index (χ2v) is 3.62. The third-order valence-corrected chi connectivity index (χ3v) is 2.36. The quantitative estimate of drug-likeness (QED) is 0.585. The molecular weight excluding hydrogens is 206 g/mol. The molecule has 0 aliphatic heterocycles. The third-order valence-electron chi connectivity index (χ3n) is 1.80. The zero-order valence-corrected chi connectivity index (χ0v) is 9.11. The lowest BCUT2D eigenvalue weighted by Crippen LogP contribution is -1.94. The number of thioether (sulfide) groups is 1. The summed E-state index contributed by atoms with van der Waals surface area (Å²) >= 11 is 1.51. The second-order valence-electron chi connectivity index (χ2n) is 2.85. The predicted molar refractivity (Wildman–Crippen MR) is 61.7 cm³/mol. The zero-order chi connectivity index (χ0) is 10.5. The smallest absolute Gasteiger partial charge is 0.189 e. The van der Waals surface area contributed by atoms with Gasteiger partial charge in [-0.05, 0) is 18.4 Å². The van der Waals surface area contributed by atoms with Crippen molar-refractivity contribution in [3.8, 4) is 0 Å². The first kappa shape index (κ1) is 9.98. The molecule has 75 valence electrons. The Bertz CT molecular complexity index is 431. The number of hydrogen-bond acceptors (Lipinski definition) is 3. The highest BCUT2D eigenvalue weighted by molar-refractivity contribution is 7.98. The van der Waals surface area contributed by atoms with Crippen LogP contribution in [0.15, 0.2) is 47.8 Å². The number of para-hydroxylation sites is 1. The number of hydrogen-bond donors (Lipinski definition) is 0. The number of aromatic nitrogens is 2. The van der Waals surface area contributed by atoms with Gasteiger partial charge in [-0.3, -0.25) is 0 Å². The van der Waals surface area contributed by atoms with Crippen molar-refractivity contribution < 1.29 is 0 Å². The van der Waals surface area contributed by atoms with Crippen LogP contribution >= 0.6 is 11.8 Å². The monoisotopic (exact) mass is 216 g/mol. The van der Waals surface area contributed by atoms with Gasteiger partial charge in [-0.15, -0.1) is 0 Å². The minimum atomic E-state index is 0.695. The van der Waals surface area contributed by atoms with Crippen LogP contribution in [0, 0.1) is 0 Å². The average Bonchev–Trinajstić information content (AvgIpc) is 2.31. The Hall–Kier alpha value is -1.55. The summed E-state index contributed by atoms with van der Waals surface area (Å²) in [5.74, 6) is 0.695. The van der Waals surface area contributed by atoms with Gasteiger partial charge in [0.15, 0.2) is 11.0 Å². The van der Waals surface area contributed by atoms with E-state index in [1.807, 2.05) is 36.6 Å². The molecule has 0 atom stereocenters. The molecule has 0 aliphatic carbocycles. The molecule has 0 saturated heterocycles. The van der Waals surface area contributed by atoms with Crippen LogP contribution in [0.1, 0.15) is 0 Å². The van der Waals surface area contributed by atoms with Crippen molar-refractivity contribution in [3.05, 3.63) is 42.6 Å². The summed E-state index contributed by atoms with van der Waals surface area (Å²) in [6, 6.07) is 11.6. The van der Waals surface area contributed by atoms with E-state index in [1.165, 1.54) is 11.8 Å². The highest BCUT2D eigenvalue weighted by Gasteiger charge is 1.99. The van der Waals surface area contributed by atoms with Gasteiger partial charge in [-0.25, -0.2) is 15.3 Å². The average molecular weight is 216 g/mol. The SMILES string of the molecule is CSc1nccc([N]c2ccccc2)n1. The van der Waals surface area contributed by atoms with Gasteiger partial charge in [0.05, 0.1) is 5.69 Å². The van der Waals surface area contributed by atoms with Crippen LogP contribution < -0.4 is 5.32 Å². The lowest BCUT2D eigenvalue weighted by atomic mass is 10.3. The van der Waals surface area contributed by atoms with E-state index >= 15 is 0 Å². The van der Waals surface area contributed by atoms with Crippen molar-refractivity contribution in [2.24, 2.45) is 0 Å². The lowest BCUT2D eigenvalue weighted by Gasteiger charge is -2.02. The van der Waals surface area contributed by atoms with E-state index in [0.717, 1.165) is 10.8 Å². The molecule has 2 aromatic rings. The number of benzene rings is 1. The molecule has 0 saturated carbocycles. The molecule has 1 radical (unpaired) electrons. The predicted octanol–water partition coefficient (Wildman–Crippen LogP) is 2.77. The third kappa shape index (κ3) is 2.70. The van der Waals surface area contributed by atoms with E-state index in [4.69, 9.17) is 0 Å². The molecule has 0 unspecified atom stereocenters. The molecule has 1 aromatic carbocycles. The summed E-state index contributed by atoms with van der Waals surface area (Å²) in [6.07, 6.45) is 3.67. The van der Waals surface area contributed by atoms with Gasteiger partial charge in [0, 0.05) is 12.3 Å². The van der Waals surface area contributed by atoms with Crippen LogP contribution in [0.25, 0.3) is 0 Å². The van der Waals surface area contributed by atoms with Crippen LogP contribution in [0.2, 0.25) is 0 Å². The molecule has 0 bridgehead atoms. The highest BCUT2D eigenvalue weighted by atomic mass is 32.2. The number of nitrogens with zero attached hydrogens (tertiary/aromatic N) is 3. The van der Waals surface area contributed by atoms with Crippen LogP contribution in [-0.4, -0.2) is 16.2 Å². The van der Waals surface area contributed by atoms with Gasteiger partial charge in [0.2, 0.25) is 0 Å². The molecule has 0 spiro atoms. The van der Waals surface area contributed by atoms with Crippen LogP contribution in [-0.2, 0) is 0 Å². The maximum Gasteiger partial charge on any atom is 0.189 e. The summed E-state index contributed by atoms with van der Waals surface area (Å²) in [5.41, 5.74) is 0.906. The van der Waals surface area contributed by atoms with Crippen molar-refractivity contribution in [2.75, 3.05) is 6.26 Å². The molecule has 0 fully saturated rings.